The molecule has 1 aromatic carbocycles. The molecule has 0 aliphatic carbocycles. The quantitative estimate of drug-likeness (QED) is 0.337. The summed E-state index contributed by atoms with van der Waals surface area (Å²) in [6, 6.07) is 7.51. The van der Waals surface area contributed by atoms with Crippen LogP contribution in [0.4, 0.5) is 13.2 Å². The summed E-state index contributed by atoms with van der Waals surface area (Å²) in [7, 11) is 0. The van der Waals surface area contributed by atoms with E-state index in [4.69, 9.17) is 0 Å². The van der Waals surface area contributed by atoms with Gasteiger partial charge in [0.2, 0.25) is 0 Å². The van der Waals surface area contributed by atoms with Crippen molar-refractivity contribution in [1.82, 2.24) is 10.3 Å². The number of thiophene rings is 2. The number of nitrogens with one attached hydrogen (secondary N) is 1. The smallest absolute Gasteiger partial charge is 0.416 e. The largest absolute Gasteiger partial charge is 0.506 e. The summed E-state index contributed by atoms with van der Waals surface area (Å²) in [5.74, 6) is -0.932. The number of nitrogens with zero attached hydrogens (tertiary/aromatic N) is 2. The van der Waals surface area contributed by atoms with Crippen molar-refractivity contribution in [3.8, 4) is 16.2 Å². The van der Waals surface area contributed by atoms with Crippen molar-refractivity contribution in [2.45, 2.75) is 25.6 Å². The summed E-state index contributed by atoms with van der Waals surface area (Å²) in [5, 5.41) is 25.8. The molecule has 1 fully saturated rings. The van der Waals surface area contributed by atoms with E-state index in [1.165, 1.54) is 23.1 Å². The molecule has 1 aliphatic rings. The SMILES string of the molecule is CC(=NNC(=O)c1ccc(C(=O)N2CCC(O)C2)s1)c1csc(-c2ccc(C(F)(F)F)cc2)c1O. The number of carbonyl (C=O) groups excluding carboxylic acids is 2. The van der Waals surface area contributed by atoms with Gasteiger partial charge in [0.25, 0.3) is 11.8 Å². The summed E-state index contributed by atoms with van der Waals surface area (Å²) in [6.07, 6.45) is -4.46. The van der Waals surface area contributed by atoms with Crippen LogP contribution in [0.15, 0.2) is 46.9 Å². The second kappa shape index (κ2) is 9.80. The van der Waals surface area contributed by atoms with Gasteiger partial charge < -0.3 is 15.1 Å². The van der Waals surface area contributed by atoms with Gasteiger partial charge in [-0.3, -0.25) is 9.59 Å². The van der Waals surface area contributed by atoms with Crippen LogP contribution in [-0.4, -0.2) is 51.8 Å². The monoisotopic (exact) mass is 523 g/mol. The average Bonchev–Trinajstić information content (AvgIpc) is 3.56. The van der Waals surface area contributed by atoms with E-state index in [9.17, 15) is 33.0 Å². The lowest BCUT2D eigenvalue weighted by molar-refractivity contribution is -0.137. The number of aliphatic hydroxyl groups is 1. The first-order valence-electron chi connectivity index (χ1n) is 10.4. The summed E-state index contributed by atoms with van der Waals surface area (Å²) in [6.45, 7) is 2.29. The number of hydrogen-bond donors (Lipinski definition) is 3. The second-order valence-electron chi connectivity index (χ2n) is 7.90. The van der Waals surface area contributed by atoms with Crippen LogP contribution < -0.4 is 5.43 Å². The summed E-state index contributed by atoms with van der Waals surface area (Å²) in [5.41, 5.74) is 2.66. The van der Waals surface area contributed by atoms with Gasteiger partial charge >= 0.3 is 6.18 Å². The molecule has 1 unspecified atom stereocenters. The van der Waals surface area contributed by atoms with Gasteiger partial charge in [0.1, 0.15) is 5.75 Å². The zero-order valence-corrected chi connectivity index (χ0v) is 19.9. The zero-order chi connectivity index (χ0) is 25.3. The van der Waals surface area contributed by atoms with Crippen molar-refractivity contribution < 1.29 is 33.0 Å². The first-order chi connectivity index (χ1) is 16.5. The Morgan fingerprint density at radius 1 is 1.14 bits per heavy atom. The van der Waals surface area contributed by atoms with Gasteiger partial charge in [0.05, 0.1) is 37.6 Å². The molecule has 35 heavy (non-hydrogen) atoms. The number of rotatable bonds is 5. The maximum atomic E-state index is 12.8. The number of hydrogen-bond acceptors (Lipinski definition) is 7. The summed E-state index contributed by atoms with van der Waals surface area (Å²) in [4.78, 5) is 27.5. The molecule has 0 saturated carbocycles. The van der Waals surface area contributed by atoms with E-state index in [2.05, 4.69) is 10.5 Å². The van der Waals surface area contributed by atoms with Crippen molar-refractivity contribution >= 4 is 40.2 Å². The van der Waals surface area contributed by atoms with E-state index in [1.54, 1.807) is 18.4 Å². The first-order valence-corrected chi connectivity index (χ1v) is 12.1. The third kappa shape index (κ3) is 5.39. The molecule has 7 nitrogen and oxygen atoms in total. The molecule has 1 saturated heterocycles. The highest BCUT2D eigenvalue weighted by atomic mass is 32.1. The van der Waals surface area contributed by atoms with Crippen molar-refractivity contribution in [1.29, 1.82) is 0 Å². The van der Waals surface area contributed by atoms with E-state index in [-0.39, 0.29) is 23.1 Å². The Hall–Kier alpha value is -3.22. The Bertz CT molecular complexity index is 1280. The number of amides is 2. The normalized spacial score (nSPS) is 16.5. The number of carbonyl (C=O) groups is 2. The van der Waals surface area contributed by atoms with E-state index in [0.717, 1.165) is 34.8 Å². The zero-order valence-electron chi connectivity index (χ0n) is 18.3. The number of aliphatic hydroxyl groups excluding tert-OH is 1. The van der Waals surface area contributed by atoms with Crippen molar-refractivity contribution in [2.75, 3.05) is 13.1 Å². The van der Waals surface area contributed by atoms with E-state index < -0.39 is 23.8 Å². The predicted molar refractivity (Wildman–Crippen MR) is 127 cm³/mol. The number of β-amino-alcohol motifs (C(OH)–C–C–N with tert-alkyl or cyclic N) is 1. The third-order valence-electron chi connectivity index (χ3n) is 5.45. The lowest BCUT2D eigenvalue weighted by Gasteiger charge is -2.13. The van der Waals surface area contributed by atoms with Gasteiger partial charge in [0.15, 0.2) is 0 Å². The molecule has 0 bridgehead atoms. The van der Waals surface area contributed by atoms with Gasteiger partial charge in [-0.1, -0.05) is 12.1 Å². The highest BCUT2D eigenvalue weighted by Gasteiger charge is 2.30. The molecule has 1 aliphatic heterocycles. The molecule has 0 spiro atoms. The van der Waals surface area contributed by atoms with Crippen LogP contribution in [0.1, 0.15) is 43.8 Å². The van der Waals surface area contributed by atoms with Crippen LogP contribution in [0, 0.1) is 0 Å². The molecule has 3 aromatic rings. The van der Waals surface area contributed by atoms with Gasteiger partial charge in [0, 0.05) is 18.5 Å². The van der Waals surface area contributed by atoms with E-state index in [0.29, 0.717) is 39.6 Å². The first kappa shape index (κ1) is 24.9. The van der Waals surface area contributed by atoms with Crippen LogP contribution in [0.3, 0.4) is 0 Å². The standard InChI is InChI=1S/C23H20F3N3O4S2/c1-12(16-11-34-20(19(16)31)13-2-4-14(5-3-13)23(24,25)26)27-28-21(32)17-6-7-18(35-17)22(33)29-9-8-15(30)10-29/h2-7,11,15,30-31H,8-10H2,1H3,(H,28,32). The Morgan fingerprint density at radius 2 is 1.83 bits per heavy atom. The fourth-order valence-electron chi connectivity index (χ4n) is 3.53. The van der Waals surface area contributed by atoms with Crippen LogP contribution in [0.25, 0.3) is 10.4 Å². The number of benzene rings is 1. The van der Waals surface area contributed by atoms with Crippen molar-refractivity contribution in [2.24, 2.45) is 5.10 Å². The van der Waals surface area contributed by atoms with Gasteiger partial charge in [-0.2, -0.15) is 18.3 Å². The fourth-order valence-corrected chi connectivity index (χ4v) is 5.41. The molecule has 1 atom stereocenters. The molecule has 4 rings (SSSR count). The number of aromatic hydroxyl groups is 1. The van der Waals surface area contributed by atoms with Crippen molar-refractivity contribution in [3.05, 3.63) is 62.7 Å². The second-order valence-corrected chi connectivity index (χ2v) is 9.86. The Kier molecular flexibility index (Phi) is 6.97. The summed E-state index contributed by atoms with van der Waals surface area (Å²) < 4.78 is 38.4. The maximum absolute atomic E-state index is 12.8. The topological polar surface area (TPSA) is 102 Å². The Morgan fingerprint density at radius 3 is 2.46 bits per heavy atom. The maximum Gasteiger partial charge on any atom is 0.416 e. The average molecular weight is 524 g/mol. The van der Waals surface area contributed by atoms with Gasteiger partial charge in [-0.05, 0) is 43.2 Å². The predicted octanol–water partition coefficient (Wildman–Crippen LogP) is 4.56. The third-order valence-corrected chi connectivity index (χ3v) is 7.54. The molecule has 2 aromatic heterocycles. The molecule has 3 heterocycles. The minimum absolute atomic E-state index is 0.151. The van der Waals surface area contributed by atoms with Gasteiger partial charge in [-0.15, -0.1) is 22.7 Å². The molecule has 3 N–H and O–H groups in total. The number of alkyl halides is 3. The van der Waals surface area contributed by atoms with Crippen molar-refractivity contribution in [3.63, 3.8) is 0 Å². The van der Waals surface area contributed by atoms with E-state index >= 15 is 0 Å². The number of hydrazone groups is 1. The van der Waals surface area contributed by atoms with Crippen LogP contribution in [0.5, 0.6) is 5.75 Å². The van der Waals surface area contributed by atoms with Gasteiger partial charge in [-0.25, -0.2) is 5.43 Å². The molecule has 12 heteroatoms. The van der Waals surface area contributed by atoms with Crippen LogP contribution in [-0.2, 0) is 6.18 Å². The Balaban J connectivity index is 1.43. The minimum atomic E-state index is -4.45. The lowest BCUT2D eigenvalue weighted by Crippen LogP contribution is -2.28. The van der Waals surface area contributed by atoms with E-state index in [1.807, 2.05) is 0 Å². The molecule has 2 amide bonds. The molecular formula is C23H20F3N3O4S2. The highest BCUT2D eigenvalue weighted by molar-refractivity contribution is 7.16. The molecular weight excluding hydrogens is 503 g/mol. The summed E-state index contributed by atoms with van der Waals surface area (Å²) >= 11 is 2.15. The Labute approximate surface area is 206 Å². The number of likely N-dealkylation sites (tertiary alicyclic amines) is 1. The lowest BCUT2D eigenvalue weighted by atomic mass is 10.1. The molecule has 0 radical (unpaired) electrons. The number of halogens is 3. The van der Waals surface area contributed by atoms with Crippen LogP contribution >= 0.6 is 22.7 Å². The fraction of sp³-hybridized carbons (Fsp3) is 0.261. The minimum Gasteiger partial charge on any atom is -0.506 e. The molecule has 184 valence electrons. The van der Waals surface area contributed by atoms with Crippen LogP contribution in [0.2, 0.25) is 0 Å². The highest BCUT2D eigenvalue weighted by Crippen LogP contribution is 2.40.